The van der Waals surface area contributed by atoms with Gasteiger partial charge in [-0.2, -0.15) is 5.10 Å². The van der Waals surface area contributed by atoms with Crippen molar-refractivity contribution in [2.24, 2.45) is 0 Å². The molecule has 4 heteroatoms. The van der Waals surface area contributed by atoms with Crippen LogP contribution in [-0.2, 0) is 0 Å². The Morgan fingerprint density at radius 2 is 2.00 bits per heavy atom. The van der Waals surface area contributed by atoms with Gasteiger partial charge in [0, 0.05) is 5.56 Å². The Morgan fingerprint density at radius 3 is 2.85 bits per heavy atom. The first-order valence-corrected chi connectivity index (χ1v) is 3.81. The van der Waals surface area contributed by atoms with E-state index in [1.165, 1.54) is 0 Å². The number of nitrogens with one attached hydrogen (secondary N) is 2. The fraction of sp³-hybridized carbons (Fsp3) is 0. The van der Waals surface area contributed by atoms with Crippen LogP contribution in [0.3, 0.4) is 0 Å². The Labute approximate surface area is 73.7 Å². The second-order valence-electron chi connectivity index (χ2n) is 2.64. The predicted octanol–water partition coefficient (Wildman–Crippen LogP) is 0.354. The quantitative estimate of drug-likeness (QED) is 0.603. The first kappa shape index (κ1) is 7.67. The van der Waals surface area contributed by atoms with Crippen LogP contribution in [0.25, 0.3) is 11.3 Å². The molecular weight excluding hydrogens is 166 g/mol. The minimum atomic E-state index is -0.460. The van der Waals surface area contributed by atoms with Gasteiger partial charge in [0.15, 0.2) is 0 Å². The Balaban J connectivity index is 2.99. The zero-order chi connectivity index (χ0) is 9.26. The molecule has 0 unspecified atom stereocenters. The lowest BCUT2D eigenvalue weighted by Gasteiger charge is -1.96. The minimum Gasteiger partial charge on any atom is -0.295 e. The van der Waals surface area contributed by atoms with E-state index in [2.05, 4.69) is 10.2 Å². The van der Waals surface area contributed by atoms with Gasteiger partial charge >= 0.3 is 0 Å². The molecule has 0 amide bonds. The Morgan fingerprint density at radius 1 is 1.23 bits per heavy atom. The Hall–Kier alpha value is -1.97. The van der Waals surface area contributed by atoms with Crippen molar-refractivity contribution < 1.29 is 0 Å². The zero-order valence-corrected chi connectivity index (χ0v) is 6.74. The number of aromatic nitrogens is 2. The molecule has 2 aliphatic rings. The van der Waals surface area contributed by atoms with Crippen LogP contribution >= 0.6 is 0 Å². The summed E-state index contributed by atoms with van der Waals surface area (Å²) >= 11 is 0. The fourth-order valence-corrected chi connectivity index (χ4v) is 1.14. The zero-order valence-electron chi connectivity index (χ0n) is 6.74. The first-order chi connectivity index (χ1) is 6.29. The summed E-state index contributed by atoms with van der Waals surface area (Å²) in [6.45, 7) is 0. The summed E-state index contributed by atoms with van der Waals surface area (Å²) in [6, 6.07) is 8.88. The minimum absolute atomic E-state index is 0.0406. The topological polar surface area (TPSA) is 69.6 Å². The van der Waals surface area contributed by atoms with Crippen molar-refractivity contribution in [3.8, 4) is 11.3 Å². The van der Waals surface area contributed by atoms with E-state index >= 15 is 0 Å². The van der Waals surface area contributed by atoms with E-state index in [-0.39, 0.29) is 5.36 Å². The summed E-state index contributed by atoms with van der Waals surface area (Å²) in [7, 11) is 0. The molecule has 1 aliphatic carbocycles. The summed E-state index contributed by atoms with van der Waals surface area (Å²) in [5.41, 5.74) is 0.724. The molecule has 2 N–H and O–H groups in total. The molecule has 4 nitrogen and oxygen atoms in total. The average Bonchev–Trinajstić information content (AvgIpc) is 2.36. The van der Waals surface area contributed by atoms with Crippen molar-refractivity contribution >= 4 is 0 Å². The molecule has 2 rings (SSSR count). The summed E-state index contributed by atoms with van der Waals surface area (Å²) in [4.78, 5) is 11.0. The van der Waals surface area contributed by atoms with E-state index < -0.39 is 5.56 Å². The highest BCUT2D eigenvalue weighted by molar-refractivity contribution is 5.57. The van der Waals surface area contributed by atoms with Crippen LogP contribution in [0.1, 0.15) is 0 Å². The molecule has 13 heavy (non-hydrogen) atoms. The van der Waals surface area contributed by atoms with Gasteiger partial charge in [-0.05, 0) is 6.07 Å². The van der Waals surface area contributed by atoms with E-state index in [4.69, 9.17) is 5.41 Å². The third-order valence-electron chi connectivity index (χ3n) is 1.79. The highest BCUT2D eigenvalue weighted by Gasteiger charge is 2.03. The maximum absolute atomic E-state index is 11.0. The van der Waals surface area contributed by atoms with Gasteiger partial charge in [-0.3, -0.25) is 10.2 Å². The number of hydrogen-bond donors (Lipinski definition) is 2. The number of H-pyrrole nitrogens is 1. The normalized spacial score (nSPS) is 10.2. The number of aromatic amines is 1. The Bertz CT molecular complexity index is 518. The van der Waals surface area contributed by atoms with Crippen LogP contribution in [-0.4, -0.2) is 10.2 Å². The molecule has 1 aliphatic heterocycles. The average molecular weight is 173 g/mol. The van der Waals surface area contributed by atoms with Crippen molar-refractivity contribution in [2.75, 3.05) is 0 Å². The molecule has 0 fully saturated rings. The molecule has 0 atom stereocenters. The second-order valence-corrected chi connectivity index (χ2v) is 2.64. The first-order valence-electron chi connectivity index (χ1n) is 3.81. The van der Waals surface area contributed by atoms with Crippen molar-refractivity contribution in [3.05, 3.63) is 46.0 Å². The number of nitrogens with zero attached hydrogens (tertiary/aromatic N) is 1. The smallest absolute Gasteiger partial charge is 0.289 e. The van der Waals surface area contributed by atoms with Crippen molar-refractivity contribution in [1.29, 1.82) is 5.41 Å². The van der Waals surface area contributed by atoms with E-state index in [1.54, 1.807) is 18.2 Å². The summed E-state index contributed by atoms with van der Waals surface area (Å²) < 4.78 is 0. The molecule has 0 spiro atoms. The van der Waals surface area contributed by atoms with Crippen LogP contribution in [0.2, 0.25) is 0 Å². The molecule has 0 saturated carbocycles. The molecule has 0 aromatic rings. The standard InChI is InChI=1S/C9H7N3O/c10-8-6-4-2-1-3-5-7(6)11-12-9(8)13/h1-5,10H,(H,12,13). The van der Waals surface area contributed by atoms with Crippen LogP contribution in [0, 0.1) is 5.41 Å². The largest absolute Gasteiger partial charge is 0.295 e. The van der Waals surface area contributed by atoms with Gasteiger partial charge in [0.1, 0.15) is 5.36 Å². The van der Waals surface area contributed by atoms with E-state index in [9.17, 15) is 4.79 Å². The lowest BCUT2D eigenvalue weighted by atomic mass is 10.2. The molecular formula is C9H7N3O. The van der Waals surface area contributed by atoms with E-state index in [0.29, 0.717) is 11.3 Å². The van der Waals surface area contributed by atoms with Crippen molar-refractivity contribution in [2.45, 2.75) is 0 Å². The summed E-state index contributed by atoms with van der Waals surface area (Å²) in [5.74, 6) is 0. The van der Waals surface area contributed by atoms with Crippen LogP contribution in [0.15, 0.2) is 35.1 Å². The molecule has 0 aromatic heterocycles. The Kier molecular flexibility index (Phi) is 1.66. The summed E-state index contributed by atoms with van der Waals surface area (Å²) in [5, 5.41) is 13.5. The maximum atomic E-state index is 11.0. The number of hydrogen-bond acceptors (Lipinski definition) is 3. The van der Waals surface area contributed by atoms with E-state index in [1.807, 2.05) is 12.1 Å². The van der Waals surface area contributed by atoms with Gasteiger partial charge in [-0.1, -0.05) is 24.3 Å². The van der Waals surface area contributed by atoms with Gasteiger partial charge in [0.25, 0.3) is 5.56 Å². The molecule has 1 heterocycles. The highest BCUT2D eigenvalue weighted by atomic mass is 16.1. The van der Waals surface area contributed by atoms with E-state index in [0.717, 1.165) is 0 Å². The monoisotopic (exact) mass is 173 g/mol. The fourth-order valence-electron chi connectivity index (χ4n) is 1.14. The van der Waals surface area contributed by atoms with Crippen LogP contribution in [0.5, 0.6) is 0 Å². The van der Waals surface area contributed by atoms with Gasteiger partial charge in [0.2, 0.25) is 0 Å². The molecule has 0 radical (unpaired) electrons. The number of rotatable bonds is 0. The SMILES string of the molecule is N=c1c2cccccc-2n[nH]c1=O. The van der Waals surface area contributed by atoms with Gasteiger partial charge in [-0.15, -0.1) is 0 Å². The molecule has 64 valence electrons. The van der Waals surface area contributed by atoms with Crippen molar-refractivity contribution in [3.63, 3.8) is 0 Å². The van der Waals surface area contributed by atoms with Crippen LogP contribution in [0.4, 0.5) is 0 Å². The third kappa shape index (κ3) is 1.22. The van der Waals surface area contributed by atoms with Crippen molar-refractivity contribution in [1.82, 2.24) is 10.2 Å². The van der Waals surface area contributed by atoms with Gasteiger partial charge in [0.05, 0.1) is 5.69 Å². The highest BCUT2D eigenvalue weighted by Crippen LogP contribution is 2.08. The second kappa shape index (κ2) is 2.82. The van der Waals surface area contributed by atoms with Gasteiger partial charge in [-0.25, -0.2) is 5.10 Å². The van der Waals surface area contributed by atoms with Gasteiger partial charge < -0.3 is 0 Å². The van der Waals surface area contributed by atoms with Crippen LogP contribution < -0.4 is 10.9 Å². The maximum Gasteiger partial charge on any atom is 0.289 e. The third-order valence-corrected chi connectivity index (χ3v) is 1.79. The lowest BCUT2D eigenvalue weighted by Crippen LogP contribution is -2.29. The lowest BCUT2D eigenvalue weighted by molar-refractivity contribution is 0.953. The molecule has 0 saturated heterocycles. The molecule has 0 bridgehead atoms. The molecule has 0 aromatic carbocycles. The number of fused-ring (bicyclic) bond motifs is 1. The summed E-state index contributed by atoms with van der Waals surface area (Å²) in [6.07, 6.45) is 0. The predicted molar refractivity (Wildman–Crippen MR) is 47.3 cm³/mol.